The van der Waals surface area contributed by atoms with Crippen LogP contribution in [0.15, 0.2) is 18.2 Å². The Balaban J connectivity index is 3.22. The molecule has 1 aromatic rings. The molecule has 0 aliphatic rings. The van der Waals surface area contributed by atoms with E-state index in [4.69, 9.17) is 0 Å². The lowest BCUT2D eigenvalue weighted by Crippen LogP contribution is -2.11. The molecule has 0 amide bonds. The second kappa shape index (κ2) is 3.43. The van der Waals surface area contributed by atoms with Crippen molar-refractivity contribution in [2.75, 3.05) is 13.3 Å². The van der Waals surface area contributed by atoms with E-state index in [1.54, 1.807) is 0 Å². The molecule has 0 saturated heterocycles. The smallest absolute Gasteiger partial charge is 0.319 e. The zero-order valence-corrected chi connectivity index (χ0v) is 8.62. The van der Waals surface area contributed by atoms with E-state index in [9.17, 15) is 17.7 Å². The van der Waals surface area contributed by atoms with Crippen LogP contribution < -0.4 is 5.30 Å². The minimum absolute atomic E-state index is 0.226. The zero-order chi connectivity index (χ0) is 11.0. The highest BCUT2D eigenvalue weighted by atomic mass is 31.2. The fourth-order valence-corrected chi connectivity index (χ4v) is 1.83. The van der Waals surface area contributed by atoms with Crippen LogP contribution in [-0.2, 0) is 10.7 Å². The minimum atomic E-state index is -4.43. The Labute approximate surface area is 80.3 Å². The molecule has 0 N–H and O–H groups in total. The molecule has 1 radical (unpaired) electrons. The van der Waals surface area contributed by atoms with Crippen LogP contribution in [0.2, 0.25) is 0 Å². The van der Waals surface area contributed by atoms with Crippen LogP contribution in [-0.4, -0.2) is 13.3 Å². The molecule has 14 heavy (non-hydrogen) atoms. The molecular weight excluding hydrogens is 212 g/mol. The van der Waals surface area contributed by atoms with E-state index in [0.717, 1.165) is 12.1 Å². The van der Waals surface area contributed by atoms with E-state index in [1.807, 2.05) is 0 Å². The van der Waals surface area contributed by atoms with Gasteiger partial charge in [0.2, 0.25) is 0 Å². The van der Waals surface area contributed by atoms with Gasteiger partial charge in [0.05, 0.1) is 5.56 Å². The molecule has 1 rings (SSSR count). The maximum absolute atomic E-state index is 12.2. The van der Waals surface area contributed by atoms with Crippen molar-refractivity contribution in [3.63, 3.8) is 0 Å². The van der Waals surface area contributed by atoms with Crippen molar-refractivity contribution in [3.05, 3.63) is 29.8 Å². The Kier molecular flexibility index (Phi) is 2.77. The van der Waals surface area contributed by atoms with Crippen LogP contribution in [0.3, 0.4) is 0 Å². The molecule has 0 fully saturated rings. The van der Waals surface area contributed by atoms with E-state index in [-0.39, 0.29) is 5.30 Å². The van der Waals surface area contributed by atoms with Crippen molar-refractivity contribution in [3.8, 4) is 0 Å². The lowest BCUT2D eigenvalue weighted by Gasteiger charge is -2.10. The first-order valence-corrected chi connectivity index (χ1v) is 6.46. The first-order chi connectivity index (χ1) is 6.21. The van der Waals surface area contributed by atoms with Gasteiger partial charge < -0.3 is 4.57 Å². The van der Waals surface area contributed by atoms with Crippen molar-refractivity contribution >= 4 is 12.4 Å². The van der Waals surface area contributed by atoms with Crippen LogP contribution in [0.5, 0.6) is 0 Å². The van der Waals surface area contributed by atoms with Gasteiger partial charge in [0.1, 0.15) is 7.14 Å². The minimum Gasteiger partial charge on any atom is -0.319 e. The lowest BCUT2D eigenvalue weighted by molar-refractivity contribution is -0.137. The van der Waals surface area contributed by atoms with Crippen molar-refractivity contribution in [1.29, 1.82) is 0 Å². The number of halogens is 3. The van der Waals surface area contributed by atoms with Gasteiger partial charge in [-0.05, 0) is 25.5 Å². The van der Waals surface area contributed by atoms with Gasteiger partial charge in [-0.1, -0.05) is 12.1 Å². The lowest BCUT2D eigenvalue weighted by atomic mass is 10.2. The summed E-state index contributed by atoms with van der Waals surface area (Å²) < 4.78 is 48.2. The Hall–Kier alpha value is -0.760. The maximum Gasteiger partial charge on any atom is 0.417 e. The Bertz CT molecular complexity index is 378. The molecule has 77 valence electrons. The summed E-state index contributed by atoms with van der Waals surface area (Å²) in [4.78, 5) is 0. The molecule has 0 saturated carbocycles. The highest BCUT2D eigenvalue weighted by molar-refractivity contribution is 7.70. The summed E-state index contributed by atoms with van der Waals surface area (Å²) in [7, 11) is -2.63. The predicted molar refractivity (Wildman–Crippen MR) is 49.4 cm³/mol. The molecule has 0 aliphatic heterocycles. The Morgan fingerprint density at radius 1 is 1.36 bits per heavy atom. The van der Waals surface area contributed by atoms with Gasteiger partial charge in [0.15, 0.2) is 0 Å². The summed E-state index contributed by atoms with van der Waals surface area (Å²) in [5.74, 6) is 0. The van der Waals surface area contributed by atoms with Crippen molar-refractivity contribution in [2.24, 2.45) is 0 Å². The summed E-state index contributed by atoms with van der Waals surface area (Å²) in [5.41, 5.74) is -0.876. The SMILES string of the molecule is CP(C)(=O)c1cc[c]c(C(F)(F)F)c1. The standard InChI is InChI=1S/C9H9F3OP/c1-14(2,13)8-5-3-4-7(6-8)9(10,11)12/h3,5-6H,1-2H3. The quantitative estimate of drug-likeness (QED) is 0.666. The van der Waals surface area contributed by atoms with Gasteiger partial charge in [-0.15, -0.1) is 0 Å². The van der Waals surface area contributed by atoms with Crippen LogP contribution in [0.25, 0.3) is 0 Å². The molecule has 0 bridgehead atoms. The third kappa shape index (κ3) is 2.61. The second-order valence-corrected chi connectivity index (χ2v) is 6.53. The molecule has 0 atom stereocenters. The van der Waals surface area contributed by atoms with Gasteiger partial charge in [-0.25, -0.2) is 0 Å². The summed E-state index contributed by atoms with van der Waals surface area (Å²) in [6.07, 6.45) is -4.43. The molecule has 5 heteroatoms. The highest BCUT2D eigenvalue weighted by Crippen LogP contribution is 2.36. The van der Waals surface area contributed by atoms with Crippen molar-refractivity contribution in [1.82, 2.24) is 0 Å². The summed E-state index contributed by atoms with van der Waals surface area (Å²) in [6, 6.07) is 5.51. The number of hydrogen-bond acceptors (Lipinski definition) is 1. The number of benzene rings is 1. The molecule has 0 unspecified atom stereocenters. The largest absolute Gasteiger partial charge is 0.417 e. The average Bonchev–Trinajstić information content (AvgIpc) is 2.01. The molecule has 1 aromatic carbocycles. The van der Waals surface area contributed by atoms with Gasteiger partial charge in [-0.3, -0.25) is 0 Å². The topological polar surface area (TPSA) is 17.1 Å². The first-order valence-electron chi connectivity index (χ1n) is 3.86. The van der Waals surface area contributed by atoms with E-state index in [1.165, 1.54) is 19.4 Å². The van der Waals surface area contributed by atoms with Gasteiger partial charge in [0.25, 0.3) is 0 Å². The van der Waals surface area contributed by atoms with Crippen molar-refractivity contribution < 1.29 is 17.7 Å². The molecule has 1 nitrogen and oxygen atoms in total. The molecular formula is C9H9F3OP. The van der Waals surface area contributed by atoms with Gasteiger partial charge in [0, 0.05) is 5.30 Å². The molecule has 0 spiro atoms. The molecule has 0 heterocycles. The second-order valence-electron chi connectivity index (χ2n) is 3.31. The van der Waals surface area contributed by atoms with Crippen LogP contribution in [0, 0.1) is 6.07 Å². The monoisotopic (exact) mass is 221 g/mol. The predicted octanol–water partition coefficient (Wildman–Crippen LogP) is 2.75. The fraction of sp³-hybridized carbons (Fsp3) is 0.333. The van der Waals surface area contributed by atoms with Crippen LogP contribution >= 0.6 is 7.14 Å². The first kappa shape index (κ1) is 11.3. The number of alkyl halides is 3. The van der Waals surface area contributed by atoms with Crippen LogP contribution in [0.4, 0.5) is 13.2 Å². The van der Waals surface area contributed by atoms with E-state index >= 15 is 0 Å². The van der Waals surface area contributed by atoms with Gasteiger partial charge in [-0.2, -0.15) is 13.2 Å². The van der Waals surface area contributed by atoms with Gasteiger partial charge >= 0.3 is 6.18 Å². The summed E-state index contributed by atoms with van der Waals surface area (Å²) in [6.45, 7) is 2.87. The number of hydrogen-bond donors (Lipinski definition) is 0. The third-order valence-electron chi connectivity index (χ3n) is 1.71. The molecule has 0 aromatic heterocycles. The van der Waals surface area contributed by atoms with E-state index in [2.05, 4.69) is 6.07 Å². The van der Waals surface area contributed by atoms with Crippen LogP contribution in [0.1, 0.15) is 5.56 Å². The third-order valence-corrected chi connectivity index (χ3v) is 3.23. The van der Waals surface area contributed by atoms with E-state index in [0.29, 0.717) is 0 Å². The summed E-state index contributed by atoms with van der Waals surface area (Å²) >= 11 is 0. The van der Waals surface area contributed by atoms with Crippen molar-refractivity contribution in [2.45, 2.75) is 6.18 Å². The average molecular weight is 221 g/mol. The van der Waals surface area contributed by atoms with E-state index < -0.39 is 18.9 Å². The normalized spacial score (nSPS) is 12.9. The summed E-state index contributed by atoms with van der Waals surface area (Å²) in [5, 5.41) is 0.226. The molecule has 0 aliphatic carbocycles. The number of rotatable bonds is 1. The maximum atomic E-state index is 12.2. The highest BCUT2D eigenvalue weighted by Gasteiger charge is 2.31. The Morgan fingerprint density at radius 2 is 1.93 bits per heavy atom. The Morgan fingerprint density at radius 3 is 2.36 bits per heavy atom. The fourth-order valence-electron chi connectivity index (χ4n) is 0.953. The zero-order valence-electron chi connectivity index (χ0n) is 7.72.